The zero-order valence-electron chi connectivity index (χ0n) is 13.6. The molecule has 1 aliphatic rings. The summed E-state index contributed by atoms with van der Waals surface area (Å²) in [7, 11) is -3.58. The summed E-state index contributed by atoms with van der Waals surface area (Å²) < 4.78 is 30.1. The lowest BCUT2D eigenvalue weighted by Crippen LogP contribution is -2.47. The van der Waals surface area contributed by atoms with E-state index in [1.54, 1.807) is 17.8 Å². The molecule has 1 saturated heterocycles. The van der Waals surface area contributed by atoms with E-state index in [9.17, 15) is 13.2 Å². The van der Waals surface area contributed by atoms with Crippen molar-refractivity contribution in [1.82, 2.24) is 18.4 Å². The van der Waals surface area contributed by atoms with Gasteiger partial charge in [0.05, 0.1) is 12.1 Å². The molecule has 0 aliphatic carbocycles. The minimum Gasteiger partial charge on any atom is -0.481 e. The van der Waals surface area contributed by atoms with E-state index in [2.05, 4.69) is 5.10 Å². The average molecular weight is 344 g/mol. The van der Waals surface area contributed by atoms with E-state index in [4.69, 9.17) is 5.11 Å². The van der Waals surface area contributed by atoms with Crippen LogP contribution < -0.4 is 0 Å². The number of hydrogen-bond acceptors (Lipinski definition) is 4. The Labute approximate surface area is 136 Å². The fourth-order valence-corrected chi connectivity index (χ4v) is 4.36. The van der Waals surface area contributed by atoms with Gasteiger partial charge >= 0.3 is 5.97 Å². The van der Waals surface area contributed by atoms with Crippen molar-refractivity contribution in [2.24, 2.45) is 5.92 Å². The van der Waals surface area contributed by atoms with Gasteiger partial charge in [-0.2, -0.15) is 22.1 Å². The van der Waals surface area contributed by atoms with Crippen molar-refractivity contribution in [3.63, 3.8) is 0 Å². The first-order chi connectivity index (χ1) is 10.9. The molecule has 2 heterocycles. The molecule has 130 valence electrons. The lowest BCUT2D eigenvalue weighted by atomic mass is 9.99. The van der Waals surface area contributed by atoms with Crippen LogP contribution in [0.25, 0.3) is 0 Å². The van der Waals surface area contributed by atoms with E-state index < -0.39 is 22.1 Å². The number of carbonyl (C=O) groups is 1. The second kappa shape index (κ2) is 7.41. The zero-order chi connectivity index (χ0) is 17.0. The first kappa shape index (κ1) is 17.9. The molecule has 0 amide bonds. The van der Waals surface area contributed by atoms with Crippen LogP contribution >= 0.6 is 0 Å². The van der Waals surface area contributed by atoms with Crippen LogP contribution in [0.5, 0.6) is 0 Å². The zero-order valence-corrected chi connectivity index (χ0v) is 14.4. The van der Waals surface area contributed by atoms with E-state index >= 15 is 0 Å². The van der Waals surface area contributed by atoms with Crippen molar-refractivity contribution in [3.05, 3.63) is 18.0 Å². The smallest absolute Gasteiger partial charge is 0.306 e. The SMILES string of the molecule is CCN(Cc1cnn(CC)c1)S(=O)(=O)N1CCC(C(=O)O)CC1. The minimum atomic E-state index is -3.58. The van der Waals surface area contributed by atoms with Crippen molar-refractivity contribution >= 4 is 16.2 Å². The van der Waals surface area contributed by atoms with Crippen LogP contribution in [-0.2, 0) is 28.1 Å². The summed E-state index contributed by atoms with van der Waals surface area (Å²) in [5.74, 6) is -1.29. The van der Waals surface area contributed by atoms with Crippen LogP contribution in [0.1, 0.15) is 32.3 Å². The Kier molecular flexibility index (Phi) is 5.77. The molecule has 1 aromatic rings. The Morgan fingerprint density at radius 3 is 2.52 bits per heavy atom. The van der Waals surface area contributed by atoms with Gasteiger partial charge < -0.3 is 5.11 Å². The van der Waals surface area contributed by atoms with Gasteiger partial charge in [0, 0.05) is 44.5 Å². The molecule has 0 bridgehead atoms. The summed E-state index contributed by atoms with van der Waals surface area (Å²) in [5, 5.41) is 13.2. The molecule has 1 aliphatic heterocycles. The standard InChI is InChI=1S/C14H24N4O4S/c1-3-16-10-12(9-15-16)11-17(4-2)23(21,22)18-7-5-13(6-8-18)14(19)20/h9-10,13H,3-8,11H2,1-2H3,(H,19,20). The normalized spacial score (nSPS) is 17.7. The van der Waals surface area contributed by atoms with Gasteiger partial charge in [-0.1, -0.05) is 6.92 Å². The Morgan fingerprint density at radius 1 is 1.39 bits per heavy atom. The van der Waals surface area contributed by atoms with Crippen molar-refractivity contribution in [3.8, 4) is 0 Å². The van der Waals surface area contributed by atoms with E-state index in [0.717, 1.165) is 12.1 Å². The fraction of sp³-hybridized carbons (Fsp3) is 0.714. The quantitative estimate of drug-likeness (QED) is 0.788. The number of aliphatic carboxylic acids is 1. The average Bonchev–Trinajstić information content (AvgIpc) is 3.00. The maximum atomic E-state index is 12.8. The van der Waals surface area contributed by atoms with Crippen molar-refractivity contribution in [2.75, 3.05) is 19.6 Å². The molecule has 1 aromatic heterocycles. The van der Waals surface area contributed by atoms with Crippen molar-refractivity contribution in [1.29, 1.82) is 0 Å². The van der Waals surface area contributed by atoms with Crippen LogP contribution in [0.2, 0.25) is 0 Å². The summed E-state index contributed by atoms with van der Waals surface area (Å²) in [5.41, 5.74) is 0.845. The Hall–Kier alpha value is -1.45. The van der Waals surface area contributed by atoms with Crippen LogP contribution in [0.3, 0.4) is 0 Å². The molecule has 0 unspecified atom stereocenters. The second-order valence-electron chi connectivity index (χ2n) is 5.65. The third-order valence-electron chi connectivity index (χ3n) is 4.18. The number of carboxylic acids is 1. The summed E-state index contributed by atoms with van der Waals surface area (Å²) in [6.45, 7) is 5.65. The van der Waals surface area contributed by atoms with Crippen LogP contribution in [-0.4, -0.2) is 57.5 Å². The van der Waals surface area contributed by atoms with Gasteiger partial charge in [0.1, 0.15) is 0 Å². The molecule has 1 fully saturated rings. The topological polar surface area (TPSA) is 95.7 Å². The third-order valence-corrected chi connectivity index (χ3v) is 6.24. The Bertz CT molecular complexity index is 635. The summed E-state index contributed by atoms with van der Waals surface area (Å²) in [6.07, 6.45) is 4.24. The number of piperidine rings is 1. The molecule has 0 spiro atoms. The summed E-state index contributed by atoms with van der Waals surface area (Å²) in [6, 6.07) is 0. The van der Waals surface area contributed by atoms with E-state index in [-0.39, 0.29) is 19.6 Å². The third kappa shape index (κ3) is 4.10. The summed E-state index contributed by atoms with van der Waals surface area (Å²) in [4.78, 5) is 11.0. The number of hydrogen-bond donors (Lipinski definition) is 1. The molecule has 0 radical (unpaired) electrons. The molecule has 0 aromatic carbocycles. The molecule has 9 heteroatoms. The molecule has 8 nitrogen and oxygen atoms in total. The van der Waals surface area contributed by atoms with Crippen molar-refractivity contribution < 1.29 is 18.3 Å². The van der Waals surface area contributed by atoms with Gasteiger partial charge in [-0.3, -0.25) is 9.48 Å². The van der Waals surface area contributed by atoms with E-state index in [1.807, 2.05) is 13.1 Å². The van der Waals surface area contributed by atoms with Gasteiger partial charge in [-0.05, 0) is 19.8 Å². The van der Waals surface area contributed by atoms with E-state index in [1.165, 1.54) is 8.61 Å². The maximum Gasteiger partial charge on any atom is 0.306 e. The van der Waals surface area contributed by atoms with Crippen LogP contribution in [0.15, 0.2) is 12.4 Å². The first-order valence-electron chi connectivity index (χ1n) is 7.87. The number of nitrogens with zero attached hydrogens (tertiary/aromatic N) is 4. The predicted molar refractivity (Wildman–Crippen MR) is 84.8 cm³/mol. The predicted octanol–water partition coefficient (Wildman–Crippen LogP) is 0.766. The Morgan fingerprint density at radius 2 is 2.04 bits per heavy atom. The van der Waals surface area contributed by atoms with Gasteiger partial charge in [-0.25, -0.2) is 0 Å². The molecule has 1 N–H and O–H groups in total. The maximum absolute atomic E-state index is 12.8. The fourth-order valence-electron chi connectivity index (χ4n) is 2.72. The number of rotatable bonds is 7. The minimum absolute atomic E-state index is 0.254. The number of aromatic nitrogens is 2. The monoisotopic (exact) mass is 344 g/mol. The van der Waals surface area contributed by atoms with Crippen molar-refractivity contribution in [2.45, 2.75) is 39.8 Å². The number of aryl methyl sites for hydroxylation is 1. The van der Waals surface area contributed by atoms with Crippen LogP contribution in [0.4, 0.5) is 0 Å². The van der Waals surface area contributed by atoms with E-state index in [0.29, 0.717) is 19.4 Å². The largest absolute Gasteiger partial charge is 0.481 e. The second-order valence-corrected chi connectivity index (χ2v) is 7.58. The van der Waals surface area contributed by atoms with Crippen LogP contribution in [0, 0.1) is 5.92 Å². The van der Waals surface area contributed by atoms with Gasteiger partial charge in [0.15, 0.2) is 0 Å². The summed E-state index contributed by atoms with van der Waals surface area (Å²) >= 11 is 0. The van der Waals surface area contributed by atoms with Gasteiger partial charge in [0.25, 0.3) is 10.2 Å². The molecule has 0 atom stereocenters. The highest BCUT2D eigenvalue weighted by molar-refractivity contribution is 7.86. The first-order valence-corrected chi connectivity index (χ1v) is 9.27. The molecule has 0 saturated carbocycles. The Balaban J connectivity index is 2.05. The lowest BCUT2D eigenvalue weighted by molar-refractivity contribution is -0.142. The highest BCUT2D eigenvalue weighted by Gasteiger charge is 2.34. The molecular weight excluding hydrogens is 320 g/mol. The van der Waals surface area contributed by atoms with Gasteiger partial charge in [-0.15, -0.1) is 0 Å². The molecular formula is C14H24N4O4S. The highest BCUT2D eigenvalue weighted by atomic mass is 32.2. The molecule has 2 rings (SSSR count). The lowest BCUT2D eigenvalue weighted by Gasteiger charge is -2.33. The van der Waals surface area contributed by atoms with Gasteiger partial charge in [0.2, 0.25) is 0 Å². The number of carboxylic acid groups (broad SMARTS) is 1. The molecule has 23 heavy (non-hydrogen) atoms. The highest BCUT2D eigenvalue weighted by Crippen LogP contribution is 2.22.